The number of hydrogen-bond acceptors (Lipinski definition) is 3. The van der Waals surface area contributed by atoms with E-state index < -0.39 is 5.69 Å². The van der Waals surface area contributed by atoms with Crippen LogP contribution >= 0.6 is 0 Å². The summed E-state index contributed by atoms with van der Waals surface area (Å²) in [7, 11) is 0. The normalized spacial score (nSPS) is 11.2. The van der Waals surface area contributed by atoms with Gasteiger partial charge < -0.3 is 5.32 Å². The minimum absolute atomic E-state index is 0.0402. The Hall–Kier alpha value is -3.15. The quantitative estimate of drug-likeness (QED) is 0.757. The molecule has 1 heterocycles. The molecule has 0 aliphatic rings. The molecule has 1 aromatic heterocycles. The molecule has 0 unspecified atom stereocenters. The summed E-state index contributed by atoms with van der Waals surface area (Å²) in [4.78, 5) is 38.9. The molecule has 28 heavy (non-hydrogen) atoms. The predicted octanol–water partition coefficient (Wildman–Crippen LogP) is 2.60. The maximum absolute atomic E-state index is 13.3. The smallest absolute Gasteiger partial charge is 0.336 e. The summed E-state index contributed by atoms with van der Waals surface area (Å²) in [5, 5.41) is 3.22. The Morgan fingerprint density at radius 2 is 1.79 bits per heavy atom. The molecular weight excluding hydrogens is 354 g/mol. The molecular formula is C22H25N3O3. The van der Waals surface area contributed by atoms with E-state index in [4.69, 9.17) is 0 Å². The van der Waals surface area contributed by atoms with E-state index in [0.29, 0.717) is 16.6 Å². The summed E-state index contributed by atoms with van der Waals surface area (Å²) in [5.74, 6) is -0.273. The molecule has 0 fully saturated rings. The molecule has 1 N–H and O–H groups in total. The van der Waals surface area contributed by atoms with Crippen LogP contribution in [0.4, 0.5) is 0 Å². The van der Waals surface area contributed by atoms with Crippen LogP contribution in [0, 0.1) is 20.8 Å². The molecule has 6 heteroatoms. The van der Waals surface area contributed by atoms with Gasteiger partial charge in [-0.15, -0.1) is 0 Å². The Balaban J connectivity index is 2.37. The van der Waals surface area contributed by atoms with Crippen LogP contribution in [0.15, 0.2) is 46.0 Å². The molecule has 6 nitrogen and oxygen atoms in total. The molecule has 0 saturated heterocycles. The molecule has 0 aliphatic heterocycles. The van der Waals surface area contributed by atoms with Gasteiger partial charge in [-0.1, -0.05) is 23.8 Å². The minimum atomic E-state index is -0.519. The van der Waals surface area contributed by atoms with Gasteiger partial charge in [-0.05, 0) is 63.9 Å². The number of benzene rings is 2. The van der Waals surface area contributed by atoms with Crippen LogP contribution in [0.1, 0.15) is 30.5 Å². The Morgan fingerprint density at radius 1 is 1.07 bits per heavy atom. The first-order chi connectivity index (χ1) is 13.2. The predicted molar refractivity (Wildman–Crippen MR) is 111 cm³/mol. The van der Waals surface area contributed by atoms with E-state index in [9.17, 15) is 14.4 Å². The average molecular weight is 379 g/mol. The monoisotopic (exact) mass is 379 g/mol. The highest BCUT2D eigenvalue weighted by atomic mass is 16.2. The van der Waals surface area contributed by atoms with E-state index in [1.54, 1.807) is 18.2 Å². The van der Waals surface area contributed by atoms with E-state index in [-0.39, 0.29) is 24.1 Å². The van der Waals surface area contributed by atoms with E-state index in [1.807, 2.05) is 52.8 Å². The Kier molecular flexibility index (Phi) is 5.23. The van der Waals surface area contributed by atoms with Gasteiger partial charge in [0.25, 0.3) is 5.56 Å². The van der Waals surface area contributed by atoms with Gasteiger partial charge >= 0.3 is 5.69 Å². The first-order valence-corrected chi connectivity index (χ1v) is 9.33. The van der Waals surface area contributed by atoms with Crippen molar-refractivity contribution in [3.8, 4) is 5.69 Å². The second-order valence-corrected chi connectivity index (χ2v) is 7.47. The van der Waals surface area contributed by atoms with Gasteiger partial charge in [0.1, 0.15) is 6.54 Å². The first kappa shape index (κ1) is 19.6. The van der Waals surface area contributed by atoms with Gasteiger partial charge in [-0.2, -0.15) is 0 Å². The maximum atomic E-state index is 13.3. The molecule has 0 spiro atoms. The molecule has 2 aromatic carbocycles. The van der Waals surface area contributed by atoms with E-state index in [0.717, 1.165) is 16.7 Å². The number of carbonyl (C=O) groups excluding carboxylic acids is 1. The lowest BCUT2D eigenvalue weighted by atomic mass is 10.1. The highest BCUT2D eigenvalue weighted by molar-refractivity contribution is 5.82. The van der Waals surface area contributed by atoms with Crippen LogP contribution in [0.2, 0.25) is 0 Å². The number of amides is 1. The highest BCUT2D eigenvalue weighted by Gasteiger charge is 2.18. The molecule has 0 radical (unpaired) electrons. The van der Waals surface area contributed by atoms with Crippen molar-refractivity contribution in [1.29, 1.82) is 0 Å². The van der Waals surface area contributed by atoms with Gasteiger partial charge in [-0.25, -0.2) is 9.36 Å². The fourth-order valence-electron chi connectivity index (χ4n) is 3.34. The Bertz CT molecular complexity index is 1190. The molecule has 0 saturated carbocycles. The third kappa shape index (κ3) is 3.50. The van der Waals surface area contributed by atoms with Crippen LogP contribution in [-0.4, -0.2) is 21.1 Å². The number of nitrogens with zero attached hydrogens (tertiary/aromatic N) is 2. The first-order valence-electron chi connectivity index (χ1n) is 9.33. The summed E-state index contributed by atoms with van der Waals surface area (Å²) in [6.45, 7) is 9.28. The highest BCUT2D eigenvalue weighted by Crippen LogP contribution is 2.17. The lowest BCUT2D eigenvalue weighted by Gasteiger charge is -2.17. The lowest BCUT2D eigenvalue weighted by molar-refractivity contribution is -0.122. The molecule has 146 valence electrons. The SMILES string of the molecule is Cc1ccc2c(c1)c(=O)n(-c1cccc(C)c1C)c(=O)n2CC(=O)NC(C)C. The maximum Gasteiger partial charge on any atom is 0.336 e. The molecule has 0 aliphatic carbocycles. The van der Waals surface area contributed by atoms with Crippen LogP contribution in [0.5, 0.6) is 0 Å². The van der Waals surface area contributed by atoms with Gasteiger partial charge in [0, 0.05) is 6.04 Å². The molecule has 0 bridgehead atoms. The van der Waals surface area contributed by atoms with Gasteiger partial charge in [0.15, 0.2) is 0 Å². The number of carbonyl (C=O) groups is 1. The Labute approximate surface area is 163 Å². The molecule has 1 amide bonds. The van der Waals surface area contributed by atoms with Gasteiger partial charge in [-0.3, -0.25) is 14.2 Å². The summed E-state index contributed by atoms with van der Waals surface area (Å²) >= 11 is 0. The van der Waals surface area contributed by atoms with Crippen molar-refractivity contribution in [2.45, 2.75) is 47.2 Å². The summed E-state index contributed by atoms with van der Waals surface area (Å²) < 4.78 is 2.54. The van der Waals surface area contributed by atoms with Gasteiger partial charge in [0.2, 0.25) is 5.91 Å². The van der Waals surface area contributed by atoms with Crippen molar-refractivity contribution in [3.05, 3.63) is 73.9 Å². The van der Waals surface area contributed by atoms with Crippen LogP contribution in [0.25, 0.3) is 16.6 Å². The van der Waals surface area contributed by atoms with Crippen LogP contribution in [0.3, 0.4) is 0 Å². The van der Waals surface area contributed by atoms with E-state index >= 15 is 0 Å². The van der Waals surface area contributed by atoms with E-state index in [1.165, 1.54) is 9.13 Å². The van der Waals surface area contributed by atoms with Crippen molar-refractivity contribution in [1.82, 2.24) is 14.5 Å². The minimum Gasteiger partial charge on any atom is -0.352 e. The fourth-order valence-corrected chi connectivity index (χ4v) is 3.34. The summed E-state index contributed by atoms with van der Waals surface area (Å²) in [5.41, 5.74) is 2.85. The standard InChI is InChI=1S/C22H25N3O3/c1-13(2)23-20(26)12-24-19-10-9-14(3)11-17(19)21(27)25(22(24)28)18-8-6-7-15(4)16(18)5/h6-11,13H,12H2,1-5H3,(H,23,26). The molecule has 0 atom stereocenters. The largest absolute Gasteiger partial charge is 0.352 e. The summed E-state index contributed by atoms with van der Waals surface area (Å²) in [6, 6.07) is 10.8. The molecule has 3 aromatic rings. The van der Waals surface area contributed by atoms with E-state index in [2.05, 4.69) is 5.32 Å². The zero-order valence-electron chi connectivity index (χ0n) is 16.9. The van der Waals surface area contributed by atoms with Crippen LogP contribution < -0.4 is 16.6 Å². The zero-order valence-corrected chi connectivity index (χ0v) is 16.9. The number of aromatic nitrogens is 2. The van der Waals surface area contributed by atoms with Crippen molar-refractivity contribution < 1.29 is 4.79 Å². The fraction of sp³-hybridized carbons (Fsp3) is 0.318. The van der Waals surface area contributed by atoms with Crippen molar-refractivity contribution >= 4 is 16.8 Å². The van der Waals surface area contributed by atoms with Crippen molar-refractivity contribution in [2.24, 2.45) is 0 Å². The number of rotatable bonds is 4. The van der Waals surface area contributed by atoms with Crippen molar-refractivity contribution in [3.63, 3.8) is 0 Å². The average Bonchev–Trinajstić information content (AvgIpc) is 2.62. The third-order valence-corrected chi connectivity index (χ3v) is 4.87. The summed E-state index contributed by atoms with van der Waals surface area (Å²) in [6.07, 6.45) is 0. The third-order valence-electron chi connectivity index (χ3n) is 4.87. The second kappa shape index (κ2) is 7.46. The van der Waals surface area contributed by atoms with Gasteiger partial charge in [0.05, 0.1) is 16.6 Å². The number of nitrogens with one attached hydrogen (secondary N) is 1. The topological polar surface area (TPSA) is 73.1 Å². The van der Waals surface area contributed by atoms with Crippen molar-refractivity contribution in [2.75, 3.05) is 0 Å². The second-order valence-electron chi connectivity index (χ2n) is 7.47. The molecule has 3 rings (SSSR count). The Morgan fingerprint density at radius 3 is 2.46 bits per heavy atom. The number of hydrogen-bond donors (Lipinski definition) is 1. The lowest BCUT2D eigenvalue weighted by Crippen LogP contribution is -2.43. The number of aryl methyl sites for hydroxylation is 2. The zero-order chi connectivity index (χ0) is 20.6. The number of fused-ring (bicyclic) bond motifs is 1. The van der Waals surface area contributed by atoms with Crippen LogP contribution in [-0.2, 0) is 11.3 Å².